The highest BCUT2D eigenvalue weighted by molar-refractivity contribution is 5.80. The van der Waals surface area contributed by atoms with Crippen LogP contribution in [0.2, 0.25) is 0 Å². The van der Waals surface area contributed by atoms with Crippen molar-refractivity contribution in [3.8, 4) is 0 Å². The van der Waals surface area contributed by atoms with Gasteiger partial charge in [0.1, 0.15) is 12.7 Å². The number of nitrogens with zero attached hydrogens (tertiary/aromatic N) is 4. The average Bonchev–Trinajstić information content (AvgIpc) is 3.40. The molecule has 2 saturated heterocycles. The standard InChI is InChI=1S/C28H29F6N5O2/c1-18(20-10-22(27(29,30)31)12-23(11-20)28(32,33)34)41-19(2)26(21-6-4-3-5-7-21)9-8-25(15-39-17-35-16-36-39)14-38(26)13-24(40)37-25/h3-7,10-12,16-19H,8-9,13-15H2,1-2H3,(H,37,40)/t18-,19?,25-,26-/m1/s1. The topological polar surface area (TPSA) is 72.3 Å². The minimum absolute atomic E-state index is 0.0395. The number of hydrogen-bond acceptors (Lipinski definition) is 5. The Balaban J connectivity index is 1.50. The van der Waals surface area contributed by atoms with Crippen LogP contribution in [0.5, 0.6) is 0 Å². The van der Waals surface area contributed by atoms with E-state index in [1.807, 2.05) is 35.2 Å². The molecule has 2 aromatic carbocycles. The van der Waals surface area contributed by atoms with Gasteiger partial charge in [0, 0.05) is 6.54 Å². The number of piperazine rings is 1. The molecule has 13 heteroatoms. The fraction of sp³-hybridized carbons (Fsp3) is 0.464. The number of fused-ring (bicyclic) bond motifs is 2. The van der Waals surface area contributed by atoms with E-state index in [0.717, 1.165) is 5.56 Å². The van der Waals surface area contributed by atoms with Gasteiger partial charge in [0.25, 0.3) is 0 Å². The van der Waals surface area contributed by atoms with E-state index in [9.17, 15) is 31.1 Å². The molecule has 2 aliphatic rings. The number of piperidine rings is 1. The lowest BCUT2D eigenvalue weighted by Gasteiger charge is -2.59. The van der Waals surface area contributed by atoms with Crippen molar-refractivity contribution in [1.82, 2.24) is 25.0 Å². The lowest BCUT2D eigenvalue weighted by atomic mass is 9.70. The summed E-state index contributed by atoms with van der Waals surface area (Å²) in [6, 6.07) is 10.8. The summed E-state index contributed by atoms with van der Waals surface area (Å²) in [6.45, 7) is 4.04. The number of halogens is 6. The molecule has 2 bridgehead atoms. The maximum absolute atomic E-state index is 13.5. The fourth-order valence-corrected chi connectivity index (χ4v) is 6.23. The number of alkyl halides is 6. The Morgan fingerprint density at radius 2 is 1.66 bits per heavy atom. The summed E-state index contributed by atoms with van der Waals surface area (Å²) in [5.41, 5.74) is -3.72. The molecule has 0 aliphatic carbocycles. The number of nitrogens with one attached hydrogen (secondary N) is 1. The fourth-order valence-electron chi connectivity index (χ4n) is 6.23. The van der Waals surface area contributed by atoms with Crippen LogP contribution in [0.4, 0.5) is 26.3 Å². The van der Waals surface area contributed by atoms with Crippen molar-refractivity contribution >= 4 is 5.91 Å². The number of carbonyl (C=O) groups is 1. The van der Waals surface area contributed by atoms with Gasteiger partial charge in [-0.25, -0.2) is 4.98 Å². The van der Waals surface area contributed by atoms with Gasteiger partial charge in [-0.3, -0.25) is 14.4 Å². The van der Waals surface area contributed by atoms with Gasteiger partial charge < -0.3 is 10.1 Å². The molecule has 3 aromatic rings. The molecule has 0 spiro atoms. The molecule has 2 aliphatic heterocycles. The summed E-state index contributed by atoms with van der Waals surface area (Å²) in [5.74, 6) is -0.204. The number of carbonyl (C=O) groups excluding carboxylic acids is 1. The zero-order chi connectivity index (χ0) is 29.6. The van der Waals surface area contributed by atoms with E-state index in [1.165, 1.54) is 13.3 Å². The first kappa shape index (κ1) is 29.1. The second-order valence-electron chi connectivity index (χ2n) is 10.8. The maximum atomic E-state index is 13.5. The number of rotatable bonds is 7. The van der Waals surface area contributed by atoms with Gasteiger partial charge >= 0.3 is 12.4 Å². The van der Waals surface area contributed by atoms with Crippen molar-refractivity contribution in [2.24, 2.45) is 0 Å². The number of hydrogen-bond donors (Lipinski definition) is 1. The van der Waals surface area contributed by atoms with Gasteiger partial charge in [-0.2, -0.15) is 31.4 Å². The predicted molar refractivity (Wildman–Crippen MR) is 135 cm³/mol. The van der Waals surface area contributed by atoms with E-state index in [4.69, 9.17) is 4.74 Å². The Morgan fingerprint density at radius 3 is 2.24 bits per heavy atom. The normalized spacial score (nSPS) is 26.3. The predicted octanol–water partition coefficient (Wildman–Crippen LogP) is 5.34. The van der Waals surface area contributed by atoms with Crippen LogP contribution in [-0.4, -0.2) is 50.3 Å². The van der Waals surface area contributed by atoms with Gasteiger partial charge in [-0.1, -0.05) is 30.3 Å². The molecule has 2 unspecified atom stereocenters. The van der Waals surface area contributed by atoms with Gasteiger partial charge in [-0.15, -0.1) is 0 Å². The van der Waals surface area contributed by atoms with Gasteiger partial charge in [-0.05, 0) is 56.0 Å². The molecule has 41 heavy (non-hydrogen) atoms. The maximum Gasteiger partial charge on any atom is 0.416 e. The summed E-state index contributed by atoms with van der Waals surface area (Å²) in [7, 11) is 0. The highest BCUT2D eigenvalue weighted by atomic mass is 19.4. The quantitative estimate of drug-likeness (QED) is 0.382. The summed E-state index contributed by atoms with van der Waals surface area (Å²) in [6.07, 6.45) is -7.78. The molecule has 1 N–H and O–H groups in total. The van der Waals surface area contributed by atoms with Crippen molar-refractivity contribution in [1.29, 1.82) is 0 Å². The van der Waals surface area contributed by atoms with Crippen molar-refractivity contribution in [2.75, 3.05) is 13.1 Å². The molecular weight excluding hydrogens is 552 g/mol. The minimum atomic E-state index is -4.97. The first-order valence-electron chi connectivity index (χ1n) is 13.1. The molecule has 2 fully saturated rings. The molecule has 220 valence electrons. The van der Waals surface area contributed by atoms with Crippen LogP contribution >= 0.6 is 0 Å². The lowest BCUT2D eigenvalue weighted by Crippen LogP contribution is -2.73. The van der Waals surface area contributed by atoms with Gasteiger partial charge in [0.05, 0.1) is 47.5 Å². The van der Waals surface area contributed by atoms with Crippen LogP contribution in [0.15, 0.2) is 61.2 Å². The first-order chi connectivity index (χ1) is 19.2. The molecule has 5 atom stereocenters. The molecular formula is C28H29F6N5O2. The number of aromatic nitrogens is 3. The minimum Gasteiger partial charge on any atom is -0.369 e. The summed E-state index contributed by atoms with van der Waals surface area (Å²) < 4.78 is 89.1. The van der Waals surface area contributed by atoms with Crippen LogP contribution in [0, 0.1) is 0 Å². The smallest absolute Gasteiger partial charge is 0.369 e. The zero-order valence-electron chi connectivity index (χ0n) is 22.3. The third-order valence-electron chi connectivity index (χ3n) is 8.15. The summed E-state index contributed by atoms with van der Waals surface area (Å²) in [5, 5.41) is 7.29. The summed E-state index contributed by atoms with van der Waals surface area (Å²) >= 11 is 0. The Hall–Kier alpha value is -3.45. The monoisotopic (exact) mass is 581 g/mol. The zero-order valence-corrected chi connectivity index (χ0v) is 22.3. The Morgan fingerprint density at radius 1 is 1.00 bits per heavy atom. The van der Waals surface area contributed by atoms with E-state index in [1.54, 1.807) is 17.9 Å². The Bertz CT molecular complexity index is 1350. The molecule has 0 radical (unpaired) electrons. The number of benzene rings is 2. The average molecular weight is 582 g/mol. The molecule has 0 saturated carbocycles. The van der Waals surface area contributed by atoms with Crippen LogP contribution in [-0.2, 0) is 34.0 Å². The lowest BCUT2D eigenvalue weighted by molar-refractivity contribution is -0.158. The second kappa shape index (κ2) is 10.4. The SMILES string of the molecule is CC(O[C@H](C)c1cc(C(F)(F)F)cc(C(F)(F)F)c1)[C@@]1(c2ccccc2)CC[C@]2(Cn3cncn3)CN1CC(=O)N2. The van der Waals surface area contributed by atoms with Gasteiger partial charge in [0.15, 0.2) is 0 Å². The van der Waals surface area contributed by atoms with Crippen molar-refractivity contribution in [2.45, 2.75) is 68.9 Å². The van der Waals surface area contributed by atoms with Crippen molar-refractivity contribution in [3.05, 3.63) is 83.4 Å². The molecule has 5 rings (SSSR count). The molecule has 1 aromatic heterocycles. The highest BCUT2D eigenvalue weighted by Gasteiger charge is 2.55. The molecule has 1 amide bonds. The van der Waals surface area contributed by atoms with Crippen LogP contribution < -0.4 is 5.32 Å². The van der Waals surface area contributed by atoms with E-state index in [-0.39, 0.29) is 24.1 Å². The third-order valence-corrected chi connectivity index (χ3v) is 8.15. The number of amides is 1. The largest absolute Gasteiger partial charge is 0.416 e. The van der Waals surface area contributed by atoms with Crippen molar-refractivity contribution < 1.29 is 35.9 Å². The highest BCUT2D eigenvalue weighted by Crippen LogP contribution is 2.47. The van der Waals surface area contributed by atoms with E-state index in [2.05, 4.69) is 15.4 Å². The Kier molecular flexibility index (Phi) is 7.39. The van der Waals surface area contributed by atoms with Crippen LogP contribution in [0.25, 0.3) is 0 Å². The second-order valence-corrected chi connectivity index (χ2v) is 10.8. The Labute approximate surface area is 232 Å². The van der Waals surface area contributed by atoms with Crippen LogP contribution in [0.1, 0.15) is 55.0 Å². The molecule has 7 nitrogen and oxygen atoms in total. The first-order valence-corrected chi connectivity index (χ1v) is 13.1. The van der Waals surface area contributed by atoms with Crippen LogP contribution in [0.3, 0.4) is 0 Å². The number of ether oxygens (including phenoxy) is 1. The van der Waals surface area contributed by atoms with Crippen molar-refractivity contribution in [3.63, 3.8) is 0 Å². The van der Waals surface area contributed by atoms with E-state index < -0.39 is 46.8 Å². The van der Waals surface area contributed by atoms with E-state index in [0.29, 0.717) is 38.1 Å². The third kappa shape index (κ3) is 5.69. The molecule has 3 heterocycles. The summed E-state index contributed by atoms with van der Waals surface area (Å²) in [4.78, 5) is 19.0. The van der Waals surface area contributed by atoms with Gasteiger partial charge in [0.2, 0.25) is 5.91 Å². The van der Waals surface area contributed by atoms with E-state index >= 15 is 0 Å².